The highest BCUT2D eigenvalue weighted by Gasteiger charge is 2.15. The lowest BCUT2D eigenvalue weighted by Crippen LogP contribution is -2.44. The molecule has 1 unspecified atom stereocenters. The predicted molar refractivity (Wildman–Crippen MR) is 135 cm³/mol. The summed E-state index contributed by atoms with van der Waals surface area (Å²) in [6.07, 6.45) is 22.5. The van der Waals surface area contributed by atoms with Crippen molar-refractivity contribution in [3.8, 4) is 0 Å². The Balaban J connectivity index is 2.01. The molecule has 0 aromatic heterocycles. The second kappa shape index (κ2) is 17.8. The average molecular weight is 417 g/mol. The number of hydrogen-bond donors (Lipinski definition) is 2. The maximum Gasteiger partial charge on any atom is 0.0321 e. The Hall–Kier alpha value is -0.860. The van der Waals surface area contributed by atoms with Crippen molar-refractivity contribution in [2.24, 2.45) is 5.73 Å². The van der Waals surface area contributed by atoms with E-state index in [0.717, 1.165) is 6.54 Å². The minimum absolute atomic E-state index is 0.165. The lowest BCUT2D eigenvalue weighted by molar-refractivity contribution is 0.398. The van der Waals surface area contributed by atoms with Gasteiger partial charge in [0.2, 0.25) is 0 Å². The van der Waals surface area contributed by atoms with Crippen LogP contribution in [0.5, 0.6) is 0 Å². The first-order valence-corrected chi connectivity index (χ1v) is 13.1. The molecule has 0 amide bonds. The van der Waals surface area contributed by atoms with Crippen LogP contribution in [0.2, 0.25) is 0 Å². The smallest absolute Gasteiger partial charge is 0.0321 e. The van der Waals surface area contributed by atoms with Crippen LogP contribution in [-0.4, -0.2) is 12.1 Å². The zero-order chi connectivity index (χ0) is 21.9. The molecule has 30 heavy (non-hydrogen) atoms. The number of benzene rings is 1. The molecular weight excluding hydrogens is 364 g/mol. The van der Waals surface area contributed by atoms with Gasteiger partial charge in [-0.2, -0.15) is 0 Å². The van der Waals surface area contributed by atoms with E-state index < -0.39 is 0 Å². The molecule has 0 aliphatic rings. The Morgan fingerprint density at radius 2 is 1.13 bits per heavy atom. The van der Waals surface area contributed by atoms with Gasteiger partial charge in [0.1, 0.15) is 0 Å². The number of nitrogens with two attached hydrogens (primary N) is 1. The van der Waals surface area contributed by atoms with Crippen LogP contribution in [0.4, 0.5) is 0 Å². The molecule has 0 aliphatic heterocycles. The lowest BCUT2D eigenvalue weighted by atomic mass is 9.98. The van der Waals surface area contributed by atoms with Crippen LogP contribution in [0.1, 0.15) is 135 Å². The van der Waals surface area contributed by atoms with Crippen LogP contribution in [0.25, 0.3) is 0 Å². The van der Waals surface area contributed by atoms with Crippen LogP contribution in [-0.2, 0) is 0 Å². The summed E-state index contributed by atoms with van der Waals surface area (Å²) in [5, 5.41) is 3.70. The van der Waals surface area contributed by atoms with Crippen LogP contribution in [0.15, 0.2) is 30.3 Å². The highest BCUT2D eigenvalue weighted by molar-refractivity contribution is 5.18. The molecule has 2 heteroatoms. The fourth-order valence-electron chi connectivity index (χ4n) is 4.18. The third-order valence-corrected chi connectivity index (χ3v) is 6.10. The minimum atomic E-state index is -0.165. The molecule has 0 heterocycles. The lowest BCUT2D eigenvalue weighted by Gasteiger charge is -2.25. The first-order chi connectivity index (χ1) is 14.5. The second-order valence-corrected chi connectivity index (χ2v) is 10.1. The maximum atomic E-state index is 6.18. The van der Waals surface area contributed by atoms with Gasteiger partial charge in [-0.1, -0.05) is 134 Å². The summed E-state index contributed by atoms with van der Waals surface area (Å²) in [6, 6.07) is 11.3. The largest absolute Gasteiger partial charge is 0.324 e. The summed E-state index contributed by atoms with van der Waals surface area (Å²) in [4.78, 5) is 0. The van der Waals surface area contributed by atoms with E-state index in [-0.39, 0.29) is 5.54 Å². The Kier molecular flexibility index (Phi) is 16.1. The Morgan fingerprint density at radius 3 is 1.57 bits per heavy atom. The molecule has 0 spiro atoms. The highest BCUT2D eigenvalue weighted by Crippen LogP contribution is 2.21. The van der Waals surface area contributed by atoms with E-state index >= 15 is 0 Å². The molecule has 2 nitrogen and oxygen atoms in total. The van der Waals surface area contributed by atoms with E-state index in [0.29, 0.717) is 6.04 Å². The minimum Gasteiger partial charge on any atom is -0.324 e. The van der Waals surface area contributed by atoms with Crippen LogP contribution >= 0.6 is 0 Å². The molecule has 0 fully saturated rings. The average Bonchev–Trinajstić information content (AvgIpc) is 2.73. The highest BCUT2D eigenvalue weighted by atomic mass is 15.0. The first-order valence-electron chi connectivity index (χ1n) is 13.1. The number of unbranched alkanes of at least 4 members (excludes halogenated alkanes) is 14. The predicted octanol–water partition coefficient (Wildman–Crippen LogP) is 8.32. The van der Waals surface area contributed by atoms with Crippen molar-refractivity contribution in [2.45, 2.75) is 135 Å². The van der Waals surface area contributed by atoms with Gasteiger partial charge in [-0.15, -0.1) is 0 Å². The van der Waals surface area contributed by atoms with Gasteiger partial charge >= 0.3 is 0 Å². The van der Waals surface area contributed by atoms with Gasteiger partial charge in [-0.05, 0) is 25.8 Å². The molecule has 1 aromatic carbocycles. The molecule has 0 aliphatic carbocycles. The van der Waals surface area contributed by atoms with Crippen molar-refractivity contribution < 1.29 is 0 Å². The standard InChI is InChI=1S/C28H52N2/c1-4-5-6-7-8-9-10-11-12-13-14-15-16-17-21-24-27(30-25-28(2,3)29)26-22-19-18-20-23-26/h18-20,22-23,27,30H,4-17,21,24-25,29H2,1-3H3. The fraction of sp³-hybridized carbons (Fsp3) is 0.786. The quantitative estimate of drug-likeness (QED) is 0.210. The normalized spacial score (nSPS) is 12.9. The fourth-order valence-corrected chi connectivity index (χ4v) is 4.18. The molecule has 0 saturated heterocycles. The van der Waals surface area contributed by atoms with Crippen molar-refractivity contribution in [3.05, 3.63) is 35.9 Å². The van der Waals surface area contributed by atoms with E-state index in [9.17, 15) is 0 Å². The van der Waals surface area contributed by atoms with Crippen molar-refractivity contribution in [1.29, 1.82) is 0 Å². The Labute approximate surface area is 188 Å². The van der Waals surface area contributed by atoms with Crippen molar-refractivity contribution in [3.63, 3.8) is 0 Å². The third kappa shape index (κ3) is 15.9. The van der Waals surface area contributed by atoms with E-state index in [1.807, 2.05) is 0 Å². The van der Waals surface area contributed by atoms with Gasteiger partial charge in [0, 0.05) is 18.1 Å². The molecule has 1 rings (SSSR count). The summed E-state index contributed by atoms with van der Waals surface area (Å²) in [7, 11) is 0. The molecule has 3 N–H and O–H groups in total. The summed E-state index contributed by atoms with van der Waals surface area (Å²) in [5.74, 6) is 0. The maximum absolute atomic E-state index is 6.18. The molecule has 0 radical (unpaired) electrons. The van der Waals surface area contributed by atoms with E-state index in [1.165, 1.54) is 108 Å². The third-order valence-electron chi connectivity index (χ3n) is 6.10. The summed E-state index contributed by atoms with van der Waals surface area (Å²) >= 11 is 0. The molecule has 0 saturated carbocycles. The van der Waals surface area contributed by atoms with Gasteiger partial charge in [-0.25, -0.2) is 0 Å². The van der Waals surface area contributed by atoms with Gasteiger partial charge in [0.05, 0.1) is 0 Å². The molecular formula is C28H52N2. The SMILES string of the molecule is CCCCCCCCCCCCCCCCCC(NCC(C)(C)N)c1ccccc1. The van der Waals surface area contributed by atoms with Crippen LogP contribution in [0, 0.1) is 0 Å². The van der Waals surface area contributed by atoms with E-state index in [1.54, 1.807) is 0 Å². The summed E-state index contributed by atoms with van der Waals surface area (Å²) < 4.78 is 0. The Morgan fingerprint density at radius 1 is 0.700 bits per heavy atom. The number of hydrogen-bond acceptors (Lipinski definition) is 2. The van der Waals surface area contributed by atoms with Crippen molar-refractivity contribution in [1.82, 2.24) is 5.32 Å². The molecule has 1 aromatic rings. The van der Waals surface area contributed by atoms with E-state index in [4.69, 9.17) is 5.73 Å². The molecule has 0 bridgehead atoms. The van der Waals surface area contributed by atoms with Crippen molar-refractivity contribution >= 4 is 0 Å². The molecule has 1 atom stereocenters. The number of rotatable bonds is 20. The zero-order valence-corrected chi connectivity index (χ0v) is 20.6. The van der Waals surface area contributed by atoms with E-state index in [2.05, 4.69) is 56.4 Å². The molecule has 174 valence electrons. The number of nitrogens with one attached hydrogen (secondary N) is 1. The topological polar surface area (TPSA) is 38.0 Å². The first kappa shape index (κ1) is 27.2. The van der Waals surface area contributed by atoms with Gasteiger partial charge in [0.15, 0.2) is 0 Å². The van der Waals surface area contributed by atoms with Gasteiger partial charge < -0.3 is 11.1 Å². The zero-order valence-electron chi connectivity index (χ0n) is 20.6. The van der Waals surface area contributed by atoms with Crippen LogP contribution < -0.4 is 11.1 Å². The summed E-state index contributed by atoms with van der Waals surface area (Å²) in [5.41, 5.74) is 7.42. The summed E-state index contributed by atoms with van der Waals surface area (Å²) in [6.45, 7) is 7.33. The second-order valence-electron chi connectivity index (χ2n) is 10.1. The van der Waals surface area contributed by atoms with Gasteiger partial charge in [0.25, 0.3) is 0 Å². The van der Waals surface area contributed by atoms with Gasteiger partial charge in [-0.3, -0.25) is 0 Å². The van der Waals surface area contributed by atoms with Crippen LogP contribution in [0.3, 0.4) is 0 Å². The monoisotopic (exact) mass is 416 g/mol. The van der Waals surface area contributed by atoms with Crippen molar-refractivity contribution in [2.75, 3.05) is 6.54 Å². The Bertz CT molecular complexity index is 477.